The number of thiophene rings is 1. The number of hydrogen-bond donors (Lipinski definition) is 2. The first-order valence-electron chi connectivity index (χ1n) is 6.28. The van der Waals surface area contributed by atoms with Crippen LogP contribution in [0.2, 0.25) is 0 Å². The van der Waals surface area contributed by atoms with E-state index in [0.717, 1.165) is 17.7 Å². The average molecular weight is 267 g/mol. The topological polar surface area (TPSA) is 66.4 Å². The highest BCUT2D eigenvalue weighted by molar-refractivity contribution is 7.14. The van der Waals surface area contributed by atoms with Crippen LogP contribution >= 0.6 is 11.3 Å². The van der Waals surface area contributed by atoms with E-state index in [1.165, 1.54) is 23.3 Å². The van der Waals surface area contributed by atoms with Gasteiger partial charge in [-0.3, -0.25) is 9.59 Å². The highest BCUT2D eigenvalue weighted by Crippen LogP contribution is 2.29. The van der Waals surface area contributed by atoms with Crippen LogP contribution in [0.25, 0.3) is 0 Å². The van der Waals surface area contributed by atoms with Gasteiger partial charge in [-0.25, -0.2) is 0 Å². The minimum atomic E-state index is -0.823. The van der Waals surface area contributed by atoms with E-state index in [0.29, 0.717) is 13.0 Å². The van der Waals surface area contributed by atoms with Crippen LogP contribution in [0, 0.1) is 0 Å². The molecule has 4 nitrogen and oxygen atoms in total. The lowest BCUT2D eigenvalue weighted by Crippen LogP contribution is -2.24. The lowest BCUT2D eigenvalue weighted by atomic mass is 9.99. The fourth-order valence-electron chi connectivity index (χ4n) is 2.13. The van der Waals surface area contributed by atoms with E-state index in [4.69, 9.17) is 5.11 Å². The van der Waals surface area contributed by atoms with Crippen LogP contribution < -0.4 is 5.32 Å². The van der Waals surface area contributed by atoms with Crippen molar-refractivity contribution in [1.29, 1.82) is 0 Å². The van der Waals surface area contributed by atoms with Gasteiger partial charge in [0, 0.05) is 17.8 Å². The number of carboxylic acid groups (broad SMARTS) is 1. The molecular formula is C13H17NO3S. The van der Waals surface area contributed by atoms with Crippen LogP contribution in [0.3, 0.4) is 0 Å². The zero-order valence-corrected chi connectivity index (χ0v) is 11.0. The second-order valence-electron chi connectivity index (χ2n) is 4.52. The van der Waals surface area contributed by atoms with E-state index in [1.54, 1.807) is 11.3 Å². The number of carbonyl (C=O) groups excluding carboxylic acids is 1. The van der Waals surface area contributed by atoms with Gasteiger partial charge in [-0.1, -0.05) is 0 Å². The number of carboxylic acids is 1. The molecule has 0 saturated heterocycles. The number of nitrogens with one attached hydrogen (secondary N) is 1. The van der Waals surface area contributed by atoms with Gasteiger partial charge in [0.15, 0.2) is 0 Å². The molecule has 0 saturated carbocycles. The zero-order chi connectivity index (χ0) is 13.0. The standard InChI is InChI=1S/C13H17NO3S/c15-12(16)6-3-7-14-13(17)11-8-9-4-1-2-5-10(9)18-11/h8H,1-7H2,(H,14,17)(H,15,16). The smallest absolute Gasteiger partial charge is 0.303 e. The second kappa shape index (κ2) is 6.00. The Morgan fingerprint density at radius 2 is 2.11 bits per heavy atom. The van der Waals surface area contributed by atoms with Crippen LogP contribution in [0.1, 0.15) is 45.8 Å². The van der Waals surface area contributed by atoms with Crippen LogP contribution in [0.15, 0.2) is 6.07 Å². The van der Waals surface area contributed by atoms with Gasteiger partial charge in [0.1, 0.15) is 0 Å². The Hall–Kier alpha value is -1.36. The summed E-state index contributed by atoms with van der Waals surface area (Å²) in [5, 5.41) is 11.3. The lowest BCUT2D eigenvalue weighted by Gasteiger charge is -2.08. The predicted molar refractivity (Wildman–Crippen MR) is 70.2 cm³/mol. The Morgan fingerprint density at radius 3 is 2.83 bits per heavy atom. The summed E-state index contributed by atoms with van der Waals surface area (Å²) in [6.07, 6.45) is 5.17. The van der Waals surface area contributed by atoms with Crippen molar-refractivity contribution in [1.82, 2.24) is 5.32 Å². The zero-order valence-electron chi connectivity index (χ0n) is 10.2. The molecule has 0 fully saturated rings. The minimum absolute atomic E-state index is 0.0696. The molecule has 2 rings (SSSR count). The molecule has 1 heterocycles. The van der Waals surface area contributed by atoms with Gasteiger partial charge in [-0.2, -0.15) is 0 Å². The molecule has 18 heavy (non-hydrogen) atoms. The molecule has 1 aromatic rings. The first-order valence-corrected chi connectivity index (χ1v) is 7.10. The summed E-state index contributed by atoms with van der Waals surface area (Å²) in [5.74, 6) is -0.893. The van der Waals surface area contributed by atoms with Crippen molar-refractivity contribution in [2.45, 2.75) is 38.5 Å². The molecule has 1 aromatic heterocycles. The molecule has 1 aliphatic rings. The normalized spacial score (nSPS) is 14.0. The van der Waals surface area contributed by atoms with Crippen molar-refractivity contribution in [3.05, 3.63) is 21.4 Å². The highest BCUT2D eigenvalue weighted by Gasteiger charge is 2.16. The molecule has 0 aliphatic heterocycles. The third-order valence-electron chi connectivity index (χ3n) is 3.07. The number of aliphatic carboxylic acids is 1. The minimum Gasteiger partial charge on any atom is -0.481 e. The highest BCUT2D eigenvalue weighted by atomic mass is 32.1. The van der Waals surface area contributed by atoms with Gasteiger partial charge < -0.3 is 10.4 Å². The van der Waals surface area contributed by atoms with Crippen molar-refractivity contribution in [2.75, 3.05) is 6.54 Å². The van der Waals surface area contributed by atoms with Crippen molar-refractivity contribution >= 4 is 23.2 Å². The molecule has 5 heteroatoms. The first-order chi connectivity index (χ1) is 8.66. The molecule has 0 spiro atoms. The Balaban J connectivity index is 1.85. The Labute approximate surface area is 110 Å². The number of carbonyl (C=O) groups is 2. The van der Waals surface area contributed by atoms with E-state index >= 15 is 0 Å². The van der Waals surface area contributed by atoms with E-state index in [1.807, 2.05) is 6.07 Å². The van der Waals surface area contributed by atoms with Crippen LogP contribution in [0.4, 0.5) is 0 Å². The largest absolute Gasteiger partial charge is 0.481 e. The van der Waals surface area contributed by atoms with Gasteiger partial charge in [-0.05, 0) is 43.7 Å². The molecule has 0 atom stereocenters. The average Bonchev–Trinajstić information content (AvgIpc) is 2.78. The third-order valence-corrected chi connectivity index (χ3v) is 4.31. The van der Waals surface area contributed by atoms with E-state index < -0.39 is 5.97 Å². The van der Waals surface area contributed by atoms with E-state index in [-0.39, 0.29) is 12.3 Å². The Kier molecular flexibility index (Phi) is 4.36. The number of hydrogen-bond acceptors (Lipinski definition) is 3. The van der Waals surface area contributed by atoms with Crippen molar-refractivity contribution < 1.29 is 14.7 Å². The maximum atomic E-state index is 11.9. The molecule has 0 unspecified atom stereocenters. The van der Waals surface area contributed by atoms with Gasteiger partial charge in [0.05, 0.1) is 4.88 Å². The van der Waals surface area contributed by atoms with Gasteiger partial charge >= 0.3 is 5.97 Å². The molecule has 1 aliphatic carbocycles. The van der Waals surface area contributed by atoms with Crippen molar-refractivity contribution in [3.63, 3.8) is 0 Å². The summed E-state index contributed by atoms with van der Waals surface area (Å²) >= 11 is 1.58. The van der Waals surface area contributed by atoms with Crippen molar-refractivity contribution in [2.24, 2.45) is 0 Å². The lowest BCUT2D eigenvalue weighted by molar-refractivity contribution is -0.137. The number of amides is 1. The van der Waals surface area contributed by atoms with E-state index in [2.05, 4.69) is 5.32 Å². The maximum absolute atomic E-state index is 11.9. The van der Waals surface area contributed by atoms with Crippen LogP contribution in [-0.2, 0) is 17.6 Å². The predicted octanol–water partition coefficient (Wildman–Crippen LogP) is 2.22. The SMILES string of the molecule is O=C(O)CCCNC(=O)c1cc2c(s1)CCCC2. The Bertz CT molecular complexity index is 430. The molecule has 0 aromatic carbocycles. The summed E-state index contributed by atoms with van der Waals surface area (Å²) in [4.78, 5) is 24.3. The van der Waals surface area contributed by atoms with E-state index in [9.17, 15) is 9.59 Å². The van der Waals surface area contributed by atoms with Gasteiger partial charge in [-0.15, -0.1) is 11.3 Å². The fraction of sp³-hybridized carbons (Fsp3) is 0.538. The summed E-state index contributed by atoms with van der Waals surface area (Å²) in [6.45, 7) is 0.424. The summed E-state index contributed by atoms with van der Waals surface area (Å²) in [6, 6.07) is 1.99. The second-order valence-corrected chi connectivity index (χ2v) is 5.66. The van der Waals surface area contributed by atoms with Crippen LogP contribution in [0.5, 0.6) is 0 Å². The molecular weight excluding hydrogens is 250 g/mol. The molecule has 0 bridgehead atoms. The van der Waals surface area contributed by atoms with Gasteiger partial charge in [0.2, 0.25) is 0 Å². The number of fused-ring (bicyclic) bond motifs is 1. The van der Waals surface area contributed by atoms with Crippen molar-refractivity contribution in [3.8, 4) is 0 Å². The quantitative estimate of drug-likeness (QED) is 0.804. The maximum Gasteiger partial charge on any atom is 0.303 e. The number of rotatable bonds is 5. The molecule has 0 radical (unpaired) electrons. The monoisotopic (exact) mass is 267 g/mol. The summed E-state index contributed by atoms with van der Waals surface area (Å²) in [7, 11) is 0. The first kappa shape index (κ1) is 13.1. The summed E-state index contributed by atoms with van der Waals surface area (Å²) in [5.41, 5.74) is 1.32. The van der Waals surface area contributed by atoms with Crippen LogP contribution in [-0.4, -0.2) is 23.5 Å². The fourth-order valence-corrected chi connectivity index (χ4v) is 3.30. The molecule has 1 amide bonds. The number of aryl methyl sites for hydroxylation is 2. The Morgan fingerprint density at radius 1 is 1.33 bits per heavy atom. The third kappa shape index (κ3) is 3.32. The molecule has 2 N–H and O–H groups in total. The summed E-state index contributed by atoms with van der Waals surface area (Å²) < 4.78 is 0. The molecule has 98 valence electrons. The van der Waals surface area contributed by atoms with Gasteiger partial charge in [0.25, 0.3) is 5.91 Å².